The van der Waals surface area contributed by atoms with Crippen molar-refractivity contribution in [2.24, 2.45) is 7.05 Å². The average Bonchev–Trinajstić information content (AvgIpc) is 3.17. The van der Waals surface area contributed by atoms with E-state index in [0.717, 1.165) is 30.5 Å². The molecule has 1 fully saturated rings. The van der Waals surface area contributed by atoms with Crippen LogP contribution >= 0.6 is 0 Å². The summed E-state index contributed by atoms with van der Waals surface area (Å²) in [5.41, 5.74) is 7.83. The van der Waals surface area contributed by atoms with E-state index >= 15 is 0 Å². The zero-order valence-corrected chi connectivity index (χ0v) is 13.3. The third-order valence-electron chi connectivity index (χ3n) is 3.94. The van der Waals surface area contributed by atoms with Crippen LogP contribution in [0.25, 0.3) is 11.4 Å². The van der Waals surface area contributed by atoms with Crippen molar-refractivity contribution < 1.29 is 4.79 Å². The zero-order chi connectivity index (χ0) is 16.2. The molecule has 1 saturated heterocycles. The fourth-order valence-corrected chi connectivity index (χ4v) is 2.77. The monoisotopic (exact) mass is 315 g/mol. The van der Waals surface area contributed by atoms with Gasteiger partial charge in [-0.2, -0.15) is 0 Å². The molecule has 122 valence electrons. The van der Waals surface area contributed by atoms with Crippen molar-refractivity contribution in [3.63, 3.8) is 0 Å². The van der Waals surface area contributed by atoms with Gasteiger partial charge in [0.1, 0.15) is 6.04 Å². The van der Waals surface area contributed by atoms with Crippen LogP contribution in [0.2, 0.25) is 0 Å². The van der Waals surface area contributed by atoms with Gasteiger partial charge in [-0.1, -0.05) is 25.5 Å². The Labute approximate surface area is 134 Å². The van der Waals surface area contributed by atoms with Crippen LogP contribution in [0.3, 0.4) is 0 Å². The van der Waals surface area contributed by atoms with E-state index in [2.05, 4.69) is 38.6 Å². The number of hydrazine groups is 1. The molecule has 8 heteroatoms. The third-order valence-corrected chi connectivity index (χ3v) is 3.94. The number of amides is 1. The fraction of sp³-hybridized carbons (Fsp3) is 0.467. The highest BCUT2D eigenvalue weighted by molar-refractivity contribution is 5.95. The number of carbonyl (C=O) groups is 1. The Balaban J connectivity index is 1.67. The molecule has 2 atom stereocenters. The minimum absolute atomic E-state index is 0.0376. The number of benzene rings is 1. The van der Waals surface area contributed by atoms with Gasteiger partial charge in [0.25, 0.3) is 0 Å². The number of hydrogen-bond acceptors (Lipinski definition) is 6. The molecule has 3 N–H and O–H groups in total. The lowest BCUT2D eigenvalue weighted by Crippen LogP contribution is -2.40. The number of nitrogens with one attached hydrogen (secondary N) is 3. The van der Waals surface area contributed by atoms with Crippen LogP contribution in [-0.4, -0.2) is 38.2 Å². The second-order valence-corrected chi connectivity index (χ2v) is 5.76. The molecule has 0 aliphatic carbocycles. The molecule has 0 spiro atoms. The van der Waals surface area contributed by atoms with Gasteiger partial charge >= 0.3 is 0 Å². The first-order chi connectivity index (χ1) is 11.2. The first-order valence-corrected chi connectivity index (χ1v) is 7.82. The van der Waals surface area contributed by atoms with E-state index in [0.29, 0.717) is 11.9 Å². The minimum atomic E-state index is -0.216. The van der Waals surface area contributed by atoms with Gasteiger partial charge in [-0.05, 0) is 35.4 Å². The molecule has 1 amide bonds. The predicted octanol–water partition coefficient (Wildman–Crippen LogP) is 0.851. The fourth-order valence-electron chi connectivity index (χ4n) is 2.77. The van der Waals surface area contributed by atoms with Crippen LogP contribution < -0.4 is 16.2 Å². The van der Waals surface area contributed by atoms with Crippen LogP contribution in [0.15, 0.2) is 24.3 Å². The quantitative estimate of drug-likeness (QED) is 0.757. The maximum Gasteiger partial charge on any atom is 0.242 e. The van der Waals surface area contributed by atoms with E-state index in [-0.39, 0.29) is 11.9 Å². The van der Waals surface area contributed by atoms with Crippen LogP contribution in [0.1, 0.15) is 26.2 Å². The summed E-state index contributed by atoms with van der Waals surface area (Å²) < 4.78 is 1.60. The molecule has 2 aromatic rings. The van der Waals surface area contributed by atoms with E-state index in [1.165, 1.54) is 0 Å². The van der Waals surface area contributed by atoms with Gasteiger partial charge in [0.05, 0.1) is 0 Å². The number of anilines is 1. The van der Waals surface area contributed by atoms with E-state index in [9.17, 15) is 4.79 Å². The second kappa shape index (κ2) is 6.84. The Kier molecular flexibility index (Phi) is 4.63. The summed E-state index contributed by atoms with van der Waals surface area (Å²) >= 11 is 0. The maximum atomic E-state index is 12.4. The molecular formula is C15H21N7O. The van der Waals surface area contributed by atoms with Gasteiger partial charge in [-0.15, -0.1) is 5.10 Å². The van der Waals surface area contributed by atoms with Crippen molar-refractivity contribution in [1.29, 1.82) is 0 Å². The Morgan fingerprint density at radius 1 is 1.43 bits per heavy atom. The Bertz CT molecular complexity index is 684. The summed E-state index contributed by atoms with van der Waals surface area (Å²) in [4.78, 5) is 12.4. The van der Waals surface area contributed by atoms with E-state index < -0.39 is 0 Å². The Morgan fingerprint density at radius 2 is 2.30 bits per heavy atom. The number of hydrogen-bond donors (Lipinski definition) is 3. The second-order valence-electron chi connectivity index (χ2n) is 5.76. The Hall–Kier alpha value is -2.32. The lowest BCUT2D eigenvalue weighted by Gasteiger charge is -2.11. The first kappa shape index (κ1) is 15.6. The van der Waals surface area contributed by atoms with Gasteiger partial charge in [0.2, 0.25) is 5.91 Å². The molecule has 2 heterocycles. The summed E-state index contributed by atoms with van der Waals surface area (Å²) in [5.74, 6) is 0.620. The number of aryl methyl sites for hydroxylation is 1. The van der Waals surface area contributed by atoms with Crippen LogP contribution in [-0.2, 0) is 11.8 Å². The van der Waals surface area contributed by atoms with Gasteiger partial charge < -0.3 is 5.32 Å². The number of rotatable bonds is 5. The van der Waals surface area contributed by atoms with E-state index in [4.69, 9.17) is 0 Å². The van der Waals surface area contributed by atoms with Gasteiger partial charge in [-0.25, -0.2) is 10.1 Å². The van der Waals surface area contributed by atoms with Crippen LogP contribution in [0.4, 0.5) is 5.69 Å². The number of nitrogens with zero attached hydrogens (tertiary/aromatic N) is 4. The zero-order valence-electron chi connectivity index (χ0n) is 13.3. The topological polar surface area (TPSA) is 96.8 Å². The highest BCUT2D eigenvalue weighted by Gasteiger charge is 2.28. The molecule has 1 aromatic heterocycles. The molecule has 0 bridgehead atoms. The number of tetrazole rings is 1. The lowest BCUT2D eigenvalue weighted by atomic mass is 10.1. The van der Waals surface area contributed by atoms with Crippen molar-refractivity contribution >= 4 is 11.6 Å². The van der Waals surface area contributed by atoms with Crippen molar-refractivity contribution in [2.75, 3.05) is 5.32 Å². The summed E-state index contributed by atoms with van der Waals surface area (Å²) in [6.07, 6.45) is 2.96. The van der Waals surface area contributed by atoms with Crippen LogP contribution in [0, 0.1) is 0 Å². The standard InChI is InChI=1S/C15H21N7O/c1-3-5-12-9-13(18-17-12)15(23)16-11-7-4-6-10(8-11)14-19-20-21-22(14)2/h4,6-8,12-13,17-18H,3,5,9H2,1-2H3,(H,16,23). The molecule has 0 saturated carbocycles. The van der Waals surface area contributed by atoms with Crippen molar-refractivity contribution in [3.05, 3.63) is 24.3 Å². The molecule has 3 rings (SSSR count). The first-order valence-electron chi connectivity index (χ1n) is 7.82. The van der Waals surface area contributed by atoms with Gasteiger partial charge in [-0.3, -0.25) is 10.2 Å². The summed E-state index contributed by atoms with van der Waals surface area (Å²) in [6.45, 7) is 2.14. The summed E-state index contributed by atoms with van der Waals surface area (Å²) in [5, 5.41) is 14.4. The number of aromatic nitrogens is 4. The highest BCUT2D eigenvalue weighted by Crippen LogP contribution is 2.20. The minimum Gasteiger partial charge on any atom is -0.325 e. The molecule has 1 aliphatic heterocycles. The molecule has 23 heavy (non-hydrogen) atoms. The van der Waals surface area contributed by atoms with Crippen LogP contribution in [0.5, 0.6) is 0 Å². The number of carbonyl (C=O) groups excluding carboxylic acids is 1. The summed E-state index contributed by atoms with van der Waals surface area (Å²) in [6, 6.07) is 7.65. The Morgan fingerprint density at radius 3 is 3.04 bits per heavy atom. The molecule has 0 radical (unpaired) electrons. The molecule has 8 nitrogen and oxygen atoms in total. The van der Waals surface area contributed by atoms with Crippen molar-refractivity contribution in [2.45, 2.75) is 38.3 Å². The van der Waals surface area contributed by atoms with Crippen molar-refractivity contribution in [1.82, 2.24) is 31.1 Å². The third kappa shape index (κ3) is 3.54. The average molecular weight is 315 g/mol. The van der Waals surface area contributed by atoms with Crippen molar-refractivity contribution in [3.8, 4) is 11.4 Å². The highest BCUT2D eigenvalue weighted by atomic mass is 16.2. The molecular weight excluding hydrogens is 294 g/mol. The maximum absolute atomic E-state index is 12.4. The lowest BCUT2D eigenvalue weighted by molar-refractivity contribution is -0.117. The van der Waals surface area contributed by atoms with Gasteiger partial charge in [0.15, 0.2) is 5.82 Å². The predicted molar refractivity (Wildman–Crippen MR) is 86.2 cm³/mol. The molecule has 2 unspecified atom stereocenters. The smallest absolute Gasteiger partial charge is 0.242 e. The van der Waals surface area contributed by atoms with Gasteiger partial charge in [0, 0.05) is 24.3 Å². The van der Waals surface area contributed by atoms with E-state index in [1.807, 2.05) is 24.3 Å². The largest absolute Gasteiger partial charge is 0.325 e. The van der Waals surface area contributed by atoms with E-state index in [1.54, 1.807) is 11.7 Å². The normalized spacial score (nSPS) is 20.6. The summed E-state index contributed by atoms with van der Waals surface area (Å²) in [7, 11) is 1.78. The molecule has 1 aromatic carbocycles. The molecule has 1 aliphatic rings. The SMILES string of the molecule is CCCC1CC(C(=O)Nc2cccc(-c3nnnn3C)c2)NN1.